The van der Waals surface area contributed by atoms with E-state index in [0.29, 0.717) is 17.5 Å². The molecule has 0 radical (unpaired) electrons. The van der Waals surface area contributed by atoms with E-state index in [1.54, 1.807) is 12.4 Å². The normalized spacial score (nSPS) is 16.1. The first-order valence-corrected chi connectivity index (χ1v) is 9.62. The lowest BCUT2D eigenvalue weighted by molar-refractivity contribution is 0.220. The summed E-state index contributed by atoms with van der Waals surface area (Å²) in [5.74, 6) is 1.74. The van der Waals surface area contributed by atoms with Crippen LogP contribution < -0.4 is 11.1 Å². The summed E-state index contributed by atoms with van der Waals surface area (Å²) >= 11 is 0. The number of fused-ring (bicyclic) bond motifs is 2. The van der Waals surface area contributed by atoms with Crippen molar-refractivity contribution in [3.05, 3.63) is 36.3 Å². The van der Waals surface area contributed by atoms with Crippen LogP contribution in [0.5, 0.6) is 0 Å². The largest absolute Gasteiger partial charge is 0.369 e. The van der Waals surface area contributed by atoms with Gasteiger partial charge in [0.15, 0.2) is 11.6 Å². The van der Waals surface area contributed by atoms with Gasteiger partial charge in [-0.3, -0.25) is 4.98 Å². The molecule has 0 saturated carbocycles. The Morgan fingerprint density at radius 2 is 2.04 bits per heavy atom. The fraction of sp³-hybridized carbons (Fsp3) is 0.368. The molecule has 0 amide bonds. The molecule has 5 N–H and O–H groups in total. The molecule has 0 spiro atoms. The number of nitrogens with one attached hydrogen (secondary N) is 3. The molecule has 144 valence electrons. The Balaban J connectivity index is 1.16. The molecule has 1 fully saturated rings. The van der Waals surface area contributed by atoms with E-state index in [1.807, 2.05) is 12.3 Å². The highest BCUT2D eigenvalue weighted by Crippen LogP contribution is 2.31. The Morgan fingerprint density at radius 3 is 2.89 bits per heavy atom. The number of nitrogens with zero attached hydrogens (tertiary/aromatic N) is 5. The zero-order valence-corrected chi connectivity index (χ0v) is 15.5. The summed E-state index contributed by atoms with van der Waals surface area (Å²) in [5, 5.41) is 3.38. The zero-order chi connectivity index (χ0) is 18.9. The van der Waals surface area contributed by atoms with E-state index in [2.05, 4.69) is 46.2 Å². The predicted octanol–water partition coefficient (Wildman–Crippen LogP) is 2.10. The number of hydrogen-bond donors (Lipinski definition) is 4. The quantitative estimate of drug-likeness (QED) is 0.420. The van der Waals surface area contributed by atoms with Crippen LogP contribution >= 0.6 is 0 Å². The number of pyridine rings is 2. The molecule has 1 aliphatic heterocycles. The monoisotopic (exact) mass is 377 g/mol. The van der Waals surface area contributed by atoms with Gasteiger partial charge in [0.05, 0.1) is 22.7 Å². The number of anilines is 2. The molecule has 5 rings (SSSR count). The maximum Gasteiger partial charge on any atom is 0.201 e. The van der Waals surface area contributed by atoms with Gasteiger partial charge < -0.3 is 25.9 Å². The van der Waals surface area contributed by atoms with Crippen LogP contribution in [0, 0.1) is 0 Å². The van der Waals surface area contributed by atoms with E-state index in [9.17, 15) is 0 Å². The average molecular weight is 377 g/mol. The van der Waals surface area contributed by atoms with E-state index in [-0.39, 0.29) is 0 Å². The van der Waals surface area contributed by atoms with Crippen LogP contribution in [0.25, 0.3) is 22.2 Å². The Morgan fingerprint density at radius 1 is 1.14 bits per heavy atom. The van der Waals surface area contributed by atoms with Gasteiger partial charge in [0.2, 0.25) is 5.95 Å². The first-order chi connectivity index (χ1) is 13.8. The summed E-state index contributed by atoms with van der Waals surface area (Å²) in [6.07, 6.45) is 7.62. The van der Waals surface area contributed by atoms with E-state index < -0.39 is 0 Å². The lowest BCUT2D eigenvalue weighted by atomic mass is 9.89. The molecule has 9 heteroatoms. The van der Waals surface area contributed by atoms with E-state index in [1.165, 1.54) is 5.56 Å². The number of aromatic amines is 2. The van der Waals surface area contributed by atoms with Gasteiger partial charge in [-0.2, -0.15) is 4.98 Å². The van der Waals surface area contributed by atoms with Crippen molar-refractivity contribution >= 4 is 34.1 Å². The minimum atomic E-state index is 0.430. The summed E-state index contributed by atoms with van der Waals surface area (Å²) in [5.41, 5.74) is 10.7. The molecule has 5 heterocycles. The van der Waals surface area contributed by atoms with Crippen LogP contribution in [0.2, 0.25) is 0 Å². The van der Waals surface area contributed by atoms with Gasteiger partial charge in [-0.25, -0.2) is 9.97 Å². The van der Waals surface area contributed by atoms with Crippen molar-refractivity contribution in [2.45, 2.75) is 18.8 Å². The summed E-state index contributed by atoms with van der Waals surface area (Å²) in [7, 11) is 0. The first-order valence-electron chi connectivity index (χ1n) is 9.62. The number of hydrogen-bond acceptors (Lipinski definition) is 7. The van der Waals surface area contributed by atoms with Crippen molar-refractivity contribution in [1.82, 2.24) is 34.8 Å². The highest BCUT2D eigenvalue weighted by Gasteiger charge is 2.23. The molecule has 0 atom stereocenters. The van der Waals surface area contributed by atoms with Crippen LogP contribution in [0.15, 0.2) is 30.7 Å². The second-order valence-corrected chi connectivity index (χ2v) is 7.24. The maximum atomic E-state index is 5.81. The van der Waals surface area contributed by atoms with Crippen LogP contribution in [0.3, 0.4) is 0 Å². The van der Waals surface area contributed by atoms with Crippen molar-refractivity contribution < 1.29 is 0 Å². The van der Waals surface area contributed by atoms with Crippen molar-refractivity contribution in [1.29, 1.82) is 0 Å². The van der Waals surface area contributed by atoms with Crippen molar-refractivity contribution in [2.75, 3.05) is 37.2 Å². The molecule has 0 unspecified atom stereocenters. The fourth-order valence-corrected chi connectivity index (χ4v) is 4.03. The second kappa shape index (κ2) is 7.08. The minimum absolute atomic E-state index is 0.430. The van der Waals surface area contributed by atoms with Crippen LogP contribution in [0.1, 0.15) is 24.3 Å². The highest BCUT2D eigenvalue weighted by molar-refractivity contribution is 5.77. The number of piperidine rings is 1. The van der Waals surface area contributed by atoms with Gasteiger partial charge >= 0.3 is 0 Å². The summed E-state index contributed by atoms with van der Waals surface area (Å²) in [6.45, 7) is 3.99. The smallest absolute Gasteiger partial charge is 0.201 e. The number of nitrogens with two attached hydrogens (primary N) is 1. The Hall–Kier alpha value is -3.20. The van der Waals surface area contributed by atoms with Gasteiger partial charge in [-0.05, 0) is 49.5 Å². The number of aromatic nitrogens is 6. The molecule has 1 saturated heterocycles. The van der Waals surface area contributed by atoms with E-state index >= 15 is 0 Å². The lowest BCUT2D eigenvalue weighted by Gasteiger charge is -2.32. The standard InChI is InChI=1S/C19H23N9/c20-18-26-16-13(1-6-22-17(16)27-18)12-3-8-28(9-4-12)10-7-23-19-24-14-2-5-21-11-15(14)25-19/h1-2,5-6,11-12H,3-4,7-10H2,(H2,23,24,25)(H3,20,22,26,27). The Labute approximate surface area is 161 Å². The molecular formula is C19H23N9. The van der Waals surface area contributed by atoms with Crippen molar-refractivity contribution in [2.24, 2.45) is 0 Å². The van der Waals surface area contributed by atoms with E-state index in [0.717, 1.165) is 61.5 Å². The number of nitrogen functional groups attached to an aromatic ring is 1. The van der Waals surface area contributed by atoms with Crippen molar-refractivity contribution in [3.63, 3.8) is 0 Å². The van der Waals surface area contributed by atoms with Crippen LogP contribution in [-0.2, 0) is 0 Å². The molecule has 28 heavy (non-hydrogen) atoms. The van der Waals surface area contributed by atoms with Gasteiger partial charge in [0.1, 0.15) is 0 Å². The third-order valence-electron chi connectivity index (χ3n) is 5.47. The third kappa shape index (κ3) is 3.24. The highest BCUT2D eigenvalue weighted by atomic mass is 15.2. The first kappa shape index (κ1) is 16.9. The van der Waals surface area contributed by atoms with Crippen molar-refractivity contribution in [3.8, 4) is 0 Å². The molecule has 4 aromatic rings. The molecular weight excluding hydrogens is 354 g/mol. The van der Waals surface area contributed by atoms with Gasteiger partial charge in [-0.15, -0.1) is 0 Å². The summed E-state index contributed by atoms with van der Waals surface area (Å²) in [4.78, 5) is 26.1. The van der Waals surface area contributed by atoms with Gasteiger partial charge in [0.25, 0.3) is 0 Å². The minimum Gasteiger partial charge on any atom is -0.369 e. The number of likely N-dealkylation sites (tertiary alicyclic amines) is 1. The maximum absolute atomic E-state index is 5.81. The molecule has 1 aliphatic rings. The predicted molar refractivity (Wildman–Crippen MR) is 109 cm³/mol. The fourth-order valence-electron chi connectivity index (χ4n) is 4.03. The number of rotatable bonds is 5. The third-order valence-corrected chi connectivity index (χ3v) is 5.47. The van der Waals surface area contributed by atoms with Crippen LogP contribution in [-0.4, -0.2) is 61.0 Å². The SMILES string of the molecule is Nc1nc2nccc(C3CCN(CCNc4nc5ccncc5[nH]4)CC3)c2[nH]1. The van der Waals surface area contributed by atoms with Gasteiger partial charge in [0, 0.05) is 25.5 Å². The molecule has 0 bridgehead atoms. The molecule has 9 nitrogen and oxygen atoms in total. The zero-order valence-electron chi connectivity index (χ0n) is 15.5. The average Bonchev–Trinajstić information content (AvgIpc) is 3.30. The topological polar surface area (TPSA) is 124 Å². The second-order valence-electron chi connectivity index (χ2n) is 7.24. The Kier molecular flexibility index (Phi) is 4.28. The number of imidazole rings is 2. The van der Waals surface area contributed by atoms with E-state index in [4.69, 9.17) is 5.73 Å². The molecule has 0 aliphatic carbocycles. The van der Waals surface area contributed by atoms with Crippen LogP contribution in [0.4, 0.5) is 11.9 Å². The molecule has 0 aromatic carbocycles. The molecule has 4 aromatic heterocycles. The summed E-state index contributed by atoms with van der Waals surface area (Å²) in [6, 6.07) is 4.00. The summed E-state index contributed by atoms with van der Waals surface area (Å²) < 4.78 is 0. The number of H-pyrrole nitrogens is 2. The Bertz CT molecular complexity index is 1060. The lowest BCUT2D eigenvalue weighted by Crippen LogP contribution is -2.36. The van der Waals surface area contributed by atoms with Gasteiger partial charge in [-0.1, -0.05) is 0 Å².